The minimum absolute atomic E-state index is 0.405. The Balaban J connectivity index is 1.63. The molecular formula is C14H16F3N. The monoisotopic (exact) mass is 255 g/mol. The second kappa shape index (κ2) is 4.57. The van der Waals surface area contributed by atoms with Crippen molar-refractivity contribution in [1.29, 1.82) is 0 Å². The molecule has 2 bridgehead atoms. The van der Waals surface area contributed by atoms with Crippen LogP contribution in [0.3, 0.4) is 0 Å². The maximum atomic E-state index is 13.0. The minimum atomic E-state index is -1.39. The van der Waals surface area contributed by atoms with Crippen molar-refractivity contribution in [2.75, 3.05) is 0 Å². The number of fused-ring (bicyclic) bond motifs is 2. The Bertz CT molecular complexity index is 437. The van der Waals surface area contributed by atoms with Crippen molar-refractivity contribution >= 4 is 0 Å². The molecule has 1 aromatic rings. The lowest BCUT2D eigenvalue weighted by Crippen LogP contribution is -2.33. The summed E-state index contributed by atoms with van der Waals surface area (Å²) >= 11 is 0. The van der Waals surface area contributed by atoms with E-state index in [1.807, 2.05) is 0 Å². The highest BCUT2D eigenvalue weighted by Gasteiger charge is 2.38. The molecule has 3 atom stereocenters. The highest BCUT2D eigenvalue weighted by molar-refractivity contribution is 5.19. The summed E-state index contributed by atoms with van der Waals surface area (Å²) in [6.07, 6.45) is 5.03. The number of nitrogens with one attached hydrogen (secondary N) is 1. The Kier molecular flexibility index (Phi) is 3.06. The minimum Gasteiger partial charge on any atom is -0.310 e. The Labute approximate surface area is 104 Å². The smallest absolute Gasteiger partial charge is 0.194 e. The average Bonchev–Trinajstić information content (AvgIpc) is 2.95. The predicted molar refractivity (Wildman–Crippen MR) is 62.4 cm³/mol. The van der Waals surface area contributed by atoms with Gasteiger partial charge >= 0.3 is 0 Å². The molecule has 2 saturated carbocycles. The lowest BCUT2D eigenvalue weighted by Gasteiger charge is -2.23. The van der Waals surface area contributed by atoms with Gasteiger partial charge < -0.3 is 5.32 Å². The van der Waals surface area contributed by atoms with E-state index in [1.165, 1.54) is 19.3 Å². The van der Waals surface area contributed by atoms with Gasteiger partial charge in [0.2, 0.25) is 0 Å². The van der Waals surface area contributed by atoms with Gasteiger partial charge in [-0.2, -0.15) is 0 Å². The van der Waals surface area contributed by atoms with Gasteiger partial charge in [0, 0.05) is 12.6 Å². The van der Waals surface area contributed by atoms with Crippen LogP contribution in [0.1, 0.15) is 31.2 Å². The summed E-state index contributed by atoms with van der Waals surface area (Å²) < 4.78 is 38.9. The van der Waals surface area contributed by atoms with Crippen molar-refractivity contribution in [1.82, 2.24) is 5.32 Å². The molecule has 2 fully saturated rings. The van der Waals surface area contributed by atoms with Crippen molar-refractivity contribution < 1.29 is 13.2 Å². The van der Waals surface area contributed by atoms with Gasteiger partial charge in [0.25, 0.3) is 0 Å². The van der Waals surface area contributed by atoms with Crippen LogP contribution in [0.25, 0.3) is 0 Å². The molecule has 2 aliphatic rings. The molecule has 0 radical (unpaired) electrons. The van der Waals surface area contributed by atoms with Crippen LogP contribution in [-0.4, -0.2) is 6.04 Å². The highest BCUT2D eigenvalue weighted by atomic mass is 19.2. The first-order valence-corrected chi connectivity index (χ1v) is 6.50. The third-order valence-corrected chi connectivity index (χ3v) is 4.35. The van der Waals surface area contributed by atoms with Gasteiger partial charge in [-0.3, -0.25) is 0 Å². The van der Waals surface area contributed by atoms with Crippen LogP contribution < -0.4 is 5.32 Å². The number of hydrogen-bond donors (Lipinski definition) is 1. The van der Waals surface area contributed by atoms with Gasteiger partial charge in [-0.15, -0.1) is 0 Å². The van der Waals surface area contributed by atoms with Gasteiger partial charge in [0.1, 0.15) is 0 Å². The summed E-state index contributed by atoms with van der Waals surface area (Å²) in [4.78, 5) is 0. The van der Waals surface area contributed by atoms with E-state index in [-0.39, 0.29) is 0 Å². The molecule has 1 aromatic carbocycles. The van der Waals surface area contributed by atoms with Gasteiger partial charge in [-0.25, -0.2) is 13.2 Å². The fraction of sp³-hybridized carbons (Fsp3) is 0.571. The Morgan fingerprint density at radius 3 is 2.33 bits per heavy atom. The zero-order valence-electron chi connectivity index (χ0n) is 10.1. The van der Waals surface area contributed by atoms with Gasteiger partial charge in [0.05, 0.1) is 0 Å². The van der Waals surface area contributed by atoms with Crippen molar-refractivity contribution in [3.63, 3.8) is 0 Å². The molecule has 3 unspecified atom stereocenters. The van der Waals surface area contributed by atoms with Crippen LogP contribution in [0.4, 0.5) is 13.2 Å². The van der Waals surface area contributed by atoms with E-state index >= 15 is 0 Å². The lowest BCUT2D eigenvalue weighted by atomic mass is 9.95. The maximum absolute atomic E-state index is 13.0. The van der Waals surface area contributed by atoms with Gasteiger partial charge in [-0.05, 0) is 48.8 Å². The summed E-state index contributed by atoms with van der Waals surface area (Å²) in [5.74, 6) is -2.07. The molecule has 0 saturated heterocycles. The summed E-state index contributed by atoms with van der Waals surface area (Å²) in [7, 11) is 0. The molecule has 3 rings (SSSR count). The SMILES string of the molecule is Fc1cc(CNC2CC3CCC2C3)cc(F)c1F. The molecule has 0 spiro atoms. The average molecular weight is 255 g/mol. The van der Waals surface area contributed by atoms with E-state index in [2.05, 4.69) is 5.32 Å². The number of hydrogen-bond acceptors (Lipinski definition) is 1. The van der Waals surface area contributed by atoms with E-state index < -0.39 is 17.5 Å². The van der Waals surface area contributed by atoms with Crippen molar-refractivity contribution in [3.8, 4) is 0 Å². The zero-order valence-corrected chi connectivity index (χ0v) is 10.1. The molecule has 1 nitrogen and oxygen atoms in total. The van der Waals surface area contributed by atoms with Gasteiger partial charge in [-0.1, -0.05) is 6.42 Å². The van der Waals surface area contributed by atoms with E-state index in [4.69, 9.17) is 0 Å². The number of halogens is 3. The third kappa shape index (κ3) is 2.14. The highest BCUT2D eigenvalue weighted by Crippen LogP contribution is 2.44. The molecule has 98 valence electrons. The summed E-state index contributed by atoms with van der Waals surface area (Å²) in [6.45, 7) is 0.405. The number of rotatable bonds is 3. The van der Waals surface area contributed by atoms with E-state index in [0.29, 0.717) is 24.1 Å². The first-order chi connectivity index (χ1) is 8.63. The molecule has 2 aliphatic carbocycles. The number of benzene rings is 1. The molecule has 18 heavy (non-hydrogen) atoms. The van der Waals surface area contributed by atoms with Crippen LogP contribution in [-0.2, 0) is 6.54 Å². The Hall–Kier alpha value is -1.03. The van der Waals surface area contributed by atoms with E-state index in [9.17, 15) is 13.2 Å². The normalized spacial score (nSPS) is 30.1. The van der Waals surface area contributed by atoms with Crippen LogP contribution >= 0.6 is 0 Å². The molecule has 1 N–H and O–H groups in total. The standard InChI is InChI=1S/C14H16F3N/c15-11-4-9(5-12(16)14(11)17)7-18-13-6-8-1-2-10(13)3-8/h4-5,8,10,13,18H,1-3,6-7H2. The van der Waals surface area contributed by atoms with Crippen LogP contribution in [0.5, 0.6) is 0 Å². The fourth-order valence-corrected chi connectivity index (χ4v) is 3.45. The first kappa shape index (κ1) is 12.0. The molecule has 4 heteroatoms. The molecule has 0 amide bonds. The van der Waals surface area contributed by atoms with Crippen LogP contribution in [0.2, 0.25) is 0 Å². The summed E-state index contributed by atoms with van der Waals surface area (Å²) in [6, 6.07) is 2.59. The quantitative estimate of drug-likeness (QED) is 0.816. The topological polar surface area (TPSA) is 12.0 Å². The molecule has 0 aliphatic heterocycles. The Morgan fingerprint density at radius 2 is 1.78 bits per heavy atom. The largest absolute Gasteiger partial charge is 0.310 e. The third-order valence-electron chi connectivity index (χ3n) is 4.35. The van der Waals surface area contributed by atoms with Gasteiger partial charge in [0.15, 0.2) is 17.5 Å². The van der Waals surface area contributed by atoms with Crippen molar-refractivity contribution in [2.45, 2.75) is 38.3 Å². The second-order valence-electron chi connectivity index (χ2n) is 5.54. The maximum Gasteiger partial charge on any atom is 0.194 e. The molecule has 0 heterocycles. The zero-order chi connectivity index (χ0) is 12.7. The van der Waals surface area contributed by atoms with Crippen molar-refractivity contribution in [2.24, 2.45) is 11.8 Å². The fourth-order valence-electron chi connectivity index (χ4n) is 3.45. The Morgan fingerprint density at radius 1 is 1.06 bits per heavy atom. The first-order valence-electron chi connectivity index (χ1n) is 6.50. The molecule has 0 aromatic heterocycles. The second-order valence-corrected chi connectivity index (χ2v) is 5.54. The molecular weight excluding hydrogens is 239 g/mol. The van der Waals surface area contributed by atoms with E-state index in [1.54, 1.807) is 0 Å². The van der Waals surface area contributed by atoms with Crippen molar-refractivity contribution in [3.05, 3.63) is 35.1 Å². The lowest BCUT2D eigenvalue weighted by molar-refractivity contribution is 0.349. The van der Waals surface area contributed by atoms with Crippen LogP contribution in [0.15, 0.2) is 12.1 Å². The summed E-state index contributed by atoms with van der Waals surface area (Å²) in [5, 5.41) is 3.35. The summed E-state index contributed by atoms with van der Waals surface area (Å²) in [5.41, 5.74) is 0.467. The predicted octanol–water partition coefficient (Wildman–Crippen LogP) is 3.38. The van der Waals surface area contributed by atoms with E-state index in [0.717, 1.165) is 24.5 Å². The van der Waals surface area contributed by atoms with Crippen LogP contribution in [0, 0.1) is 29.3 Å².